The molecule has 1 aromatic heterocycles. The Labute approximate surface area is 176 Å². The van der Waals surface area contributed by atoms with Crippen LogP contribution in [0.25, 0.3) is 0 Å². The van der Waals surface area contributed by atoms with E-state index in [0.717, 1.165) is 17.1 Å². The van der Waals surface area contributed by atoms with Crippen LogP contribution in [-0.2, 0) is 22.8 Å². The molecule has 9 heteroatoms. The van der Waals surface area contributed by atoms with Crippen LogP contribution in [0, 0.1) is 0 Å². The first-order valence-corrected chi connectivity index (χ1v) is 9.13. The van der Waals surface area contributed by atoms with Gasteiger partial charge in [-0.15, -0.1) is 0 Å². The minimum Gasteiger partial charge on any atom is -0.451 e. The van der Waals surface area contributed by atoms with Crippen molar-refractivity contribution in [2.45, 2.75) is 6.18 Å². The van der Waals surface area contributed by atoms with E-state index < -0.39 is 30.2 Å². The summed E-state index contributed by atoms with van der Waals surface area (Å²) in [5.74, 6) is -1.55. The molecule has 6 nitrogen and oxygen atoms in total. The van der Waals surface area contributed by atoms with Crippen LogP contribution < -0.4 is 5.01 Å². The number of aromatic nitrogens is 1. The average molecular weight is 429 g/mol. The SMILES string of the molecule is Cn1cccc1C(=O)OCC(=O)N(/N=C\c1ccccc1)c1cccc(C(F)(F)F)c1. The molecule has 31 heavy (non-hydrogen) atoms. The molecular weight excluding hydrogens is 411 g/mol. The predicted molar refractivity (Wildman–Crippen MR) is 109 cm³/mol. The highest BCUT2D eigenvalue weighted by atomic mass is 19.4. The molecule has 3 rings (SSSR count). The van der Waals surface area contributed by atoms with E-state index in [1.54, 1.807) is 49.6 Å². The largest absolute Gasteiger partial charge is 0.451 e. The lowest BCUT2D eigenvalue weighted by Gasteiger charge is -2.18. The number of amides is 1. The number of hydrogen-bond donors (Lipinski definition) is 0. The van der Waals surface area contributed by atoms with Gasteiger partial charge in [-0.2, -0.15) is 23.3 Å². The van der Waals surface area contributed by atoms with Gasteiger partial charge in [0.2, 0.25) is 0 Å². The predicted octanol–water partition coefficient (Wildman–Crippen LogP) is 4.27. The normalized spacial score (nSPS) is 11.5. The number of nitrogens with zero attached hydrogens (tertiary/aromatic N) is 3. The maximum absolute atomic E-state index is 13.1. The zero-order valence-corrected chi connectivity index (χ0v) is 16.4. The molecule has 0 saturated heterocycles. The van der Waals surface area contributed by atoms with Crippen molar-refractivity contribution in [1.82, 2.24) is 4.57 Å². The summed E-state index contributed by atoms with van der Waals surface area (Å²) in [6.45, 7) is -0.702. The van der Waals surface area contributed by atoms with E-state index in [1.165, 1.54) is 29.0 Å². The van der Waals surface area contributed by atoms with Crippen LogP contribution in [0.5, 0.6) is 0 Å². The van der Waals surface area contributed by atoms with E-state index in [4.69, 9.17) is 4.74 Å². The lowest BCUT2D eigenvalue weighted by Crippen LogP contribution is -2.31. The number of anilines is 1. The highest BCUT2D eigenvalue weighted by molar-refractivity contribution is 5.98. The Morgan fingerprint density at radius 3 is 2.45 bits per heavy atom. The van der Waals surface area contributed by atoms with Crippen molar-refractivity contribution in [2.24, 2.45) is 12.1 Å². The lowest BCUT2D eigenvalue weighted by atomic mass is 10.2. The van der Waals surface area contributed by atoms with Gasteiger partial charge >= 0.3 is 12.1 Å². The number of esters is 1. The number of rotatable bonds is 6. The lowest BCUT2D eigenvalue weighted by molar-refractivity contribution is -0.137. The molecule has 0 aliphatic carbocycles. The molecule has 0 fully saturated rings. The van der Waals surface area contributed by atoms with Gasteiger partial charge < -0.3 is 9.30 Å². The number of aryl methyl sites for hydroxylation is 1. The molecule has 0 saturated carbocycles. The second-order valence-electron chi connectivity index (χ2n) is 6.49. The van der Waals surface area contributed by atoms with E-state index in [1.807, 2.05) is 0 Å². The molecule has 3 aromatic rings. The summed E-state index contributed by atoms with van der Waals surface area (Å²) in [4.78, 5) is 24.9. The van der Waals surface area contributed by atoms with Crippen molar-refractivity contribution in [3.05, 3.63) is 89.7 Å². The van der Waals surface area contributed by atoms with Crippen LogP contribution >= 0.6 is 0 Å². The van der Waals surface area contributed by atoms with Crippen molar-refractivity contribution in [1.29, 1.82) is 0 Å². The Balaban J connectivity index is 1.85. The number of hydrogen-bond acceptors (Lipinski definition) is 4. The third-order valence-electron chi connectivity index (χ3n) is 4.26. The summed E-state index contributed by atoms with van der Waals surface area (Å²) in [6.07, 6.45) is -1.62. The number of halogens is 3. The van der Waals surface area contributed by atoms with E-state index in [2.05, 4.69) is 5.10 Å². The van der Waals surface area contributed by atoms with Gasteiger partial charge in [0, 0.05) is 13.2 Å². The molecule has 2 aromatic carbocycles. The van der Waals surface area contributed by atoms with Gasteiger partial charge in [-0.1, -0.05) is 36.4 Å². The van der Waals surface area contributed by atoms with Gasteiger partial charge in [-0.25, -0.2) is 4.79 Å². The Hall–Kier alpha value is -3.88. The van der Waals surface area contributed by atoms with E-state index >= 15 is 0 Å². The van der Waals surface area contributed by atoms with E-state index in [9.17, 15) is 22.8 Å². The fourth-order valence-electron chi connectivity index (χ4n) is 2.69. The van der Waals surface area contributed by atoms with Crippen LogP contribution in [0.1, 0.15) is 21.6 Å². The molecule has 1 amide bonds. The zero-order chi connectivity index (χ0) is 22.4. The second-order valence-corrected chi connectivity index (χ2v) is 6.49. The van der Waals surface area contributed by atoms with Crippen LogP contribution in [0.2, 0.25) is 0 Å². The van der Waals surface area contributed by atoms with Gasteiger partial charge in [0.25, 0.3) is 5.91 Å². The molecule has 0 radical (unpaired) electrons. The first-order valence-electron chi connectivity index (χ1n) is 9.13. The van der Waals surface area contributed by atoms with Crippen LogP contribution in [-0.4, -0.2) is 29.3 Å². The summed E-state index contributed by atoms with van der Waals surface area (Å²) in [7, 11) is 1.64. The maximum atomic E-state index is 13.1. The zero-order valence-electron chi connectivity index (χ0n) is 16.4. The van der Waals surface area contributed by atoms with E-state index in [-0.39, 0.29) is 11.4 Å². The van der Waals surface area contributed by atoms with Gasteiger partial charge in [0.15, 0.2) is 6.61 Å². The molecule has 0 N–H and O–H groups in total. The molecule has 0 atom stereocenters. The van der Waals surface area contributed by atoms with Crippen LogP contribution in [0.15, 0.2) is 78.0 Å². The minimum absolute atomic E-state index is 0.109. The minimum atomic E-state index is -4.59. The smallest absolute Gasteiger partial charge is 0.416 e. The number of alkyl halides is 3. The number of carbonyl (C=O) groups is 2. The molecule has 0 spiro atoms. The number of hydrazone groups is 1. The summed E-state index contributed by atoms with van der Waals surface area (Å²) >= 11 is 0. The first kappa shape index (κ1) is 21.8. The van der Waals surface area contributed by atoms with Gasteiger partial charge in [-0.3, -0.25) is 4.79 Å². The molecule has 0 unspecified atom stereocenters. The number of benzene rings is 2. The van der Waals surface area contributed by atoms with Crippen molar-refractivity contribution in [3.63, 3.8) is 0 Å². The molecular formula is C22H18F3N3O3. The number of ether oxygens (including phenoxy) is 1. The molecule has 160 valence electrons. The summed E-state index contributed by atoms with van der Waals surface area (Å²) in [5.41, 5.74) is -0.181. The Morgan fingerprint density at radius 1 is 1.06 bits per heavy atom. The molecule has 0 aliphatic heterocycles. The van der Waals surface area contributed by atoms with Crippen molar-refractivity contribution < 1.29 is 27.5 Å². The molecule has 0 bridgehead atoms. The summed E-state index contributed by atoms with van der Waals surface area (Å²) < 4.78 is 45.9. The highest BCUT2D eigenvalue weighted by Gasteiger charge is 2.31. The summed E-state index contributed by atoms with van der Waals surface area (Å²) in [6, 6.07) is 16.1. The first-order chi connectivity index (χ1) is 14.8. The third kappa shape index (κ3) is 5.59. The van der Waals surface area contributed by atoms with Crippen molar-refractivity contribution in [2.75, 3.05) is 11.6 Å². The van der Waals surface area contributed by atoms with E-state index in [0.29, 0.717) is 5.56 Å². The van der Waals surface area contributed by atoms with Gasteiger partial charge in [0.1, 0.15) is 5.69 Å². The Morgan fingerprint density at radius 2 is 1.81 bits per heavy atom. The fourth-order valence-corrected chi connectivity index (χ4v) is 2.69. The summed E-state index contributed by atoms with van der Waals surface area (Å²) in [5, 5.41) is 4.82. The standard InChI is InChI=1S/C22H18F3N3O3/c1-27-12-6-11-19(27)21(30)31-15-20(29)28(26-14-16-7-3-2-4-8-16)18-10-5-9-17(13-18)22(23,24)25/h2-14H,15H2,1H3/b26-14-. The average Bonchev–Trinajstić information content (AvgIpc) is 3.18. The third-order valence-corrected chi connectivity index (χ3v) is 4.26. The fraction of sp³-hybridized carbons (Fsp3) is 0.136. The highest BCUT2D eigenvalue weighted by Crippen LogP contribution is 2.31. The Kier molecular flexibility index (Phi) is 6.54. The van der Waals surface area contributed by atoms with Gasteiger partial charge in [0.05, 0.1) is 17.5 Å². The number of carbonyl (C=O) groups excluding carboxylic acids is 2. The van der Waals surface area contributed by atoms with Crippen LogP contribution in [0.4, 0.5) is 18.9 Å². The quantitative estimate of drug-likeness (QED) is 0.334. The van der Waals surface area contributed by atoms with Gasteiger partial charge in [-0.05, 0) is 35.9 Å². The van der Waals surface area contributed by atoms with Crippen molar-refractivity contribution >= 4 is 23.8 Å². The molecule has 1 heterocycles. The van der Waals surface area contributed by atoms with Crippen molar-refractivity contribution in [3.8, 4) is 0 Å². The molecule has 0 aliphatic rings. The Bertz CT molecular complexity index is 1090. The van der Waals surface area contributed by atoms with Crippen LogP contribution in [0.3, 0.4) is 0 Å². The topological polar surface area (TPSA) is 63.9 Å². The monoisotopic (exact) mass is 429 g/mol. The maximum Gasteiger partial charge on any atom is 0.416 e. The second kappa shape index (κ2) is 9.29.